The van der Waals surface area contributed by atoms with Gasteiger partial charge in [0.25, 0.3) is 5.91 Å². The maximum atomic E-state index is 12.0. The van der Waals surface area contributed by atoms with Crippen molar-refractivity contribution in [3.63, 3.8) is 0 Å². The first-order chi connectivity index (χ1) is 10.7. The molecule has 0 aliphatic heterocycles. The number of benzene rings is 1. The van der Waals surface area contributed by atoms with Gasteiger partial charge in [0.2, 0.25) is 0 Å². The summed E-state index contributed by atoms with van der Waals surface area (Å²) in [5.74, 6) is 0.893. The highest BCUT2D eigenvalue weighted by Crippen LogP contribution is 2.20. The minimum absolute atomic E-state index is 0.123. The van der Waals surface area contributed by atoms with E-state index in [0.29, 0.717) is 18.9 Å². The van der Waals surface area contributed by atoms with Gasteiger partial charge in [-0.3, -0.25) is 4.79 Å². The Labute approximate surface area is 133 Å². The van der Waals surface area contributed by atoms with Crippen LogP contribution >= 0.6 is 11.6 Å². The number of aromatic nitrogens is 2. The van der Waals surface area contributed by atoms with Crippen LogP contribution in [0.1, 0.15) is 22.8 Å². The molecule has 1 aromatic heterocycles. The zero-order valence-electron chi connectivity index (χ0n) is 12.4. The van der Waals surface area contributed by atoms with Gasteiger partial charge in [-0.05, 0) is 24.6 Å². The Morgan fingerprint density at radius 2 is 2.00 bits per heavy atom. The van der Waals surface area contributed by atoms with Crippen molar-refractivity contribution < 1.29 is 9.53 Å². The monoisotopic (exact) mass is 320 g/mol. The summed E-state index contributed by atoms with van der Waals surface area (Å²) in [4.78, 5) is 20.0. The maximum absolute atomic E-state index is 12.0. The van der Waals surface area contributed by atoms with E-state index in [9.17, 15) is 4.79 Å². The van der Waals surface area contributed by atoms with Gasteiger partial charge in [-0.1, -0.05) is 23.7 Å². The van der Waals surface area contributed by atoms with E-state index in [0.717, 1.165) is 11.3 Å². The molecule has 2 N–H and O–H groups in total. The Morgan fingerprint density at radius 3 is 2.64 bits per heavy atom. The number of hydrogen-bond acceptors (Lipinski definition) is 5. The van der Waals surface area contributed by atoms with Gasteiger partial charge in [0, 0.05) is 13.1 Å². The first kappa shape index (κ1) is 16.0. The lowest BCUT2D eigenvalue weighted by Gasteiger charge is -2.11. The van der Waals surface area contributed by atoms with Crippen LogP contribution in [0.2, 0.25) is 5.15 Å². The van der Waals surface area contributed by atoms with Crippen molar-refractivity contribution >= 4 is 23.3 Å². The molecular formula is C15H17ClN4O2. The van der Waals surface area contributed by atoms with E-state index in [2.05, 4.69) is 20.6 Å². The van der Waals surface area contributed by atoms with Crippen molar-refractivity contribution in [2.75, 3.05) is 19.0 Å². The van der Waals surface area contributed by atoms with Gasteiger partial charge in [-0.25, -0.2) is 9.97 Å². The van der Waals surface area contributed by atoms with Crippen LogP contribution < -0.4 is 15.4 Å². The van der Waals surface area contributed by atoms with Crippen LogP contribution in [0.4, 0.5) is 5.82 Å². The number of methoxy groups -OCH3 is 1. The van der Waals surface area contributed by atoms with Gasteiger partial charge in [-0.15, -0.1) is 0 Å². The summed E-state index contributed by atoms with van der Waals surface area (Å²) in [7, 11) is 1.62. The molecule has 1 amide bonds. The number of ether oxygens (including phenoxy) is 1. The minimum Gasteiger partial charge on any atom is -0.497 e. The third-order valence-corrected chi connectivity index (χ3v) is 3.27. The molecule has 0 spiro atoms. The summed E-state index contributed by atoms with van der Waals surface area (Å²) in [5.41, 5.74) is 1.27. The van der Waals surface area contributed by atoms with Crippen molar-refractivity contribution in [2.24, 2.45) is 0 Å². The molecule has 7 heteroatoms. The van der Waals surface area contributed by atoms with E-state index in [1.54, 1.807) is 7.11 Å². The fourth-order valence-electron chi connectivity index (χ4n) is 1.88. The molecule has 116 valence electrons. The fourth-order valence-corrected chi connectivity index (χ4v) is 2.10. The SMILES string of the molecule is CCNC(=O)c1c(Cl)ncnc1NCc1ccc(OC)cc1. The van der Waals surface area contributed by atoms with Crippen LogP contribution in [-0.4, -0.2) is 29.5 Å². The van der Waals surface area contributed by atoms with E-state index in [1.807, 2.05) is 31.2 Å². The number of nitrogens with one attached hydrogen (secondary N) is 2. The molecule has 2 aromatic rings. The highest BCUT2D eigenvalue weighted by molar-refractivity contribution is 6.33. The van der Waals surface area contributed by atoms with Crippen LogP contribution in [0.25, 0.3) is 0 Å². The van der Waals surface area contributed by atoms with Crippen molar-refractivity contribution in [1.82, 2.24) is 15.3 Å². The maximum Gasteiger partial charge on any atom is 0.258 e. The van der Waals surface area contributed by atoms with Crippen molar-refractivity contribution in [2.45, 2.75) is 13.5 Å². The molecule has 0 fully saturated rings. The summed E-state index contributed by atoms with van der Waals surface area (Å²) in [6.45, 7) is 2.84. The molecule has 6 nitrogen and oxygen atoms in total. The lowest BCUT2D eigenvalue weighted by Crippen LogP contribution is -2.25. The summed E-state index contributed by atoms with van der Waals surface area (Å²) < 4.78 is 5.11. The number of carbonyl (C=O) groups excluding carboxylic acids is 1. The third kappa shape index (κ3) is 3.85. The topological polar surface area (TPSA) is 76.1 Å². The number of anilines is 1. The molecule has 2 rings (SSSR count). The quantitative estimate of drug-likeness (QED) is 0.800. The Morgan fingerprint density at radius 1 is 1.27 bits per heavy atom. The Kier molecular flexibility index (Phi) is 5.55. The smallest absolute Gasteiger partial charge is 0.258 e. The third-order valence-electron chi connectivity index (χ3n) is 2.98. The Balaban J connectivity index is 2.15. The zero-order chi connectivity index (χ0) is 15.9. The molecule has 0 saturated carbocycles. The minimum atomic E-state index is -0.301. The lowest BCUT2D eigenvalue weighted by molar-refractivity contribution is 0.0956. The summed E-state index contributed by atoms with van der Waals surface area (Å²) >= 11 is 6.01. The number of hydrogen-bond donors (Lipinski definition) is 2. The average Bonchev–Trinajstić information content (AvgIpc) is 2.53. The van der Waals surface area contributed by atoms with Gasteiger partial charge in [0.15, 0.2) is 0 Å². The number of halogens is 1. The predicted octanol–water partition coefficient (Wildman–Crippen LogP) is 2.50. The van der Waals surface area contributed by atoms with Crippen molar-refractivity contribution in [1.29, 1.82) is 0 Å². The Hall–Kier alpha value is -2.34. The van der Waals surface area contributed by atoms with E-state index < -0.39 is 0 Å². The molecule has 0 radical (unpaired) electrons. The molecule has 0 saturated heterocycles. The van der Waals surface area contributed by atoms with Crippen LogP contribution in [0.5, 0.6) is 5.75 Å². The molecule has 0 bridgehead atoms. The second kappa shape index (κ2) is 7.61. The van der Waals surface area contributed by atoms with Gasteiger partial charge < -0.3 is 15.4 Å². The number of carbonyl (C=O) groups is 1. The van der Waals surface area contributed by atoms with Crippen molar-refractivity contribution in [3.05, 3.63) is 46.9 Å². The van der Waals surface area contributed by atoms with Gasteiger partial charge in [0.05, 0.1) is 7.11 Å². The normalized spacial score (nSPS) is 10.1. The van der Waals surface area contributed by atoms with E-state index in [-0.39, 0.29) is 16.6 Å². The number of amides is 1. The van der Waals surface area contributed by atoms with Crippen LogP contribution in [0.3, 0.4) is 0 Å². The first-order valence-electron chi connectivity index (χ1n) is 6.81. The van der Waals surface area contributed by atoms with E-state index in [4.69, 9.17) is 16.3 Å². The largest absolute Gasteiger partial charge is 0.497 e. The van der Waals surface area contributed by atoms with Crippen LogP contribution in [0.15, 0.2) is 30.6 Å². The Bertz CT molecular complexity index is 646. The van der Waals surface area contributed by atoms with E-state index in [1.165, 1.54) is 6.33 Å². The van der Waals surface area contributed by atoms with Gasteiger partial charge in [0.1, 0.15) is 28.6 Å². The molecule has 1 aromatic carbocycles. The lowest BCUT2D eigenvalue weighted by atomic mass is 10.2. The highest BCUT2D eigenvalue weighted by atomic mass is 35.5. The summed E-state index contributed by atoms with van der Waals surface area (Å²) in [5, 5.41) is 5.93. The molecule has 0 atom stereocenters. The van der Waals surface area contributed by atoms with E-state index >= 15 is 0 Å². The molecule has 0 aliphatic rings. The molecule has 1 heterocycles. The second-order valence-corrected chi connectivity index (χ2v) is 4.81. The summed E-state index contributed by atoms with van der Waals surface area (Å²) in [6.07, 6.45) is 1.32. The standard InChI is InChI=1S/C15H17ClN4O2/c1-3-17-15(21)12-13(16)19-9-20-14(12)18-8-10-4-6-11(22-2)7-5-10/h4-7,9H,3,8H2,1-2H3,(H,17,21)(H,18,19,20). The van der Waals surface area contributed by atoms with Crippen molar-refractivity contribution in [3.8, 4) is 5.75 Å². The summed E-state index contributed by atoms with van der Waals surface area (Å²) in [6, 6.07) is 7.60. The molecule has 0 unspecified atom stereocenters. The number of nitrogens with zero attached hydrogens (tertiary/aromatic N) is 2. The highest BCUT2D eigenvalue weighted by Gasteiger charge is 2.17. The van der Waals surface area contributed by atoms with Gasteiger partial charge >= 0.3 is 0 Å². The van der Waals surface area contributed by atoms with Crippen LogP contribution in [0, 0.1) is 0 Å². The predicted molar refractivity (Wildman–Crippen MR) is 85.4 cm³/mol. The number of rotatable bonds is 6. The zero-order valence-corrected chi connectivity index (χ0v) is 13.1. The van der Waals surface area contributed by atoms with Gasteiger partial charge in [-0.2, -0.15) is 0 Å². The molecule has 22 heavy (non-hydrogen) atoms. The second-order valence-electron chi connectivity index (χ2n) is 4.45. The van der Waals surface area contributed by atoms with Crippen LogP contribution in [-0.2, 0) is 6.54 Å². The molecule has 0 aliphatic carbocycles. The first-order valence-corrected chi connectivity index (χ1v) is 7.19. The fraction of sp³-hybridized carbons (Fsp3) is 0.267. The molecular weight excluding hydrogens is 304 g/mol. The average molecular weight is 321 g/mol.